The molecule has 0 aliphatic heterocycles. The fraction of sp³-hybridized carbons (Fsp3) is 0.733. The minimum atomic E-state index is -0.346. The highest BCUT2D eigenvalue weighted by Gasteiger charge is 2.16. The van der Waals surface area contributed by atoms with Crippen molar-refractivity contribution in [2.75, 3.05) is 19.8 Å². The molecule has 0 aromatic carbocycles. The van der Waals surface area contributed by atoms with Crippen LogP contribution in [-0.2, 0) is 9.59 Å². The van der Waals surface area contributed by atoms with Crippen molar-refractivity contribution >= 4 is 47.2 Å². The summed E-state index contributed by atoms with van der Waals surface area (Å²) in [6, 6.07) is 0. The molecule has 6 nitrogen and oxygen atoms in total. The molecule has 0 aliphatic rings. The van der Waals surface area contributed by atoms with Gasteiger partial charge >= 0.3 is 0 Å². The Morgan fingerprint density at radius 2 is 1.13 bits per heavy atom. The molecule has 8 heteroatoms. The fourth-order valence-electron chi connectivity index (χ4n) is 1.44. The molecule has 0 fully saturated rings. The smallest absolute Gasteiger partial charge is 0.167 e. The van der Waals surface area contributed by atoms with Crippen LogP contribution in [0.25, 0.3) is 0 Å². The van der Waals surface area contributed by atoms with Gasteiger partial charge in [0.2, 0.25) is 0 Å². The van der Waals surface area contributed by atoms with E-state index in [1.165, 1.54) is 0 Å². The summed E-state index contributed by atoms with van der Waals surface area (Å²) in [5.74, 6) is 0. The maximum absolute atomic E-state index is 10.8. The summed E-state index contributed by atoms with van der Waals surface area (Å²) in [7, 11) is 0. The topological polar surface area (TPSA) is 82.3 Å². The van der Waals surface area contributed by atoms with Gasteiger partial charge in [-0.25, -0.2) is 0 Å². The van der Waals surface area contributed by atoms with Crippen molar-refractivity contribution in [3.8, 4) is 0 Å². The monoisotopic (exact) mass is 360 g/mol. The second-order valence-electron chi connectivity index (χ2n) is 6.75. The maximum atomic E-state index is 10.8. The first-order chi connectivity index (χ1) is 10.6. The lowest BCUT2D eigenvalue weighted by atomic mass is 9.92. The van der Waals surface area contributed by atoms with Crippen molar-refractivity contribution in [2.45, 2.75) is 40.5 Å². The van der Waals surface area contributed by atoms with Gasteiger partial charge in [0.25, 0.3) is 0 Å². The van der Waals surface area contributed by atoms with Gasteiger partial charge in [-0.05, 0) is 37.3 Å². The van der Waals surface area contributed by atoms with E-state index in [0.717, 1.165) is 12.6 Å². The van der Waals surface area contributed by atoms with Crippen LogP contribution in [0.15, 0.2) is 0 Å². The first kappa shape index (κ1) is 21.7. The highest BCUT2D eigenvalue weighted by Crippen LogP contribution is 2.15. The zero-order valence-corrected chi connectivity index (χ0v) is 16.0. The Morgan fingerprint density at radius 1 is 0.783 bits per heavy atom. The Kier molecular flexibility index (Phi) is 9.90. The predicted octanol–water partition coefficient (Wildman–Crippen LogP) is 1.10. The largest absolute Gasteiger partial charge is 0.363 e. The van der Waals surface area contributed by atoms with Gasteiger partial charge in [0.1, 0.15) is 12.6 Å². The highest BCUT2D eigenvalue weighted by molar-refractivity contribution is 7.80. The van der Waals surface area contributed by atoms with Crippen LogP contribution in [0.2, 0.25) is 0 Å². The minimum absolute atomic E-state index is 0.346. The molecule has 0 radical (unpaired) electrons. The van der Waals surface area contributed by atoms with E-state index in [1.807, 2.05) is 27.7 Å². The molecule has 0 aromatic heterocycles. The van der Waals surface area contributed by atoms with E-state index in [4.69, 9.17) is 24.4 Å². The molecule has 0 bridgehead atoms. The summed E-state index contributed by atoms with van der Waals surface area (Å²) in [6.45, 7) is 9.19. The molecular formula is C15H28N4O2S2. The molecule has 0 rings (SSSR count). The van der Waals surface area contributed by atoms with E-state index >= 15 is 0 Å². The normalized spacial score (nSPS) is 11.3. The van der Waals surface area contributed by atoms with Crippen molar-refractivity contribution in [3.63, 3.8) is 0 Å². The zero-order valence-electron chi connectivity index (χ0n) is 14.3. The second kappa shape index (κ2) is 10.5. The van der Waals surface area contributed by atoms with Crippen LogP contribution in [0.4, 0.5) is 0 Å². The maximum Gasteiger partial charge on any atom is 0.167 e. The second-order valence-corrected chi connectivity index (χ2v) is 7.57. The average Bonchev–Trinajstić information content (AvgIpc) is 2.47. The number of carbonyl (C=O) groups is 2. The van der Waals surface area contributed by atoms with Gasteiger partial charge in [-0.1, -0.05) is 27.7 Å². The van der Waals surface area contributed by atoms with E-state index < -0.39 is 0 Å². The van der Waals surface area contributed by atoms with Crippen LogP contribution in [0.3, 0.4) is 0 Å². The predicted molar refractivity (Wildman–Crippen MR) is 101 cm³/mol. The first-order valence-corrected chi connectivity index (χ1v) is 8.39. The quantitative estimate of drug-likeness (QED) is 0.262. The van der Waals surface area contributed by atoms with Crippen molar-refractivity contribution in [3.05, 3.63) is 0 Å². The van der Waals surface area contributed by atoms with Crippen molar-refractivity contribution in [2.24, 2.45) is 10.8 Å². The van der Waals surface area contributed by atoms with Crippen LogP contribution in [0.5, 0.6) is 0 Å². The van der Waals surface area contributed by atoms with E-state index in [0.29, 0.717) is 42.8 Å². The van der Waals surface area contributed by atoms with Crippen molar-refractivity contribution in [1.82, 2.24) is 21.3 Å². The fourth-order valence-corrected chi connectivity index (χ4v) is 1.79. The molecule has 0 aromatic rings. The Morgan fingerprint density at radius 3 is 1.43 bits per heavy atom. The molecule has 0 unspecified atom stereocenters. The van der Waals surface area contributed by atoms with E-state index in [9.17, 15) is 9.59 Å². The Balaban J connectivity index is 3.73. The molecule has 0 aliphatic carbocycles. The highest BCUT2D eigenvalue weighted by atomic mass is 32.1. The Bertz CT molecular complexity index is 388. The van der Waals surface area contributed by atoms with Gasteiger partial charge in [-0.2, -0.15) is 0 Å². The summed E-state index contributed by atoms with van der Waals surface area (Å²) in [5, 5.41) is 13.0. The molecule has 4 N–H and O–H groups in total. The van der Waals surface area contributed by atoms with Gasteiger partial charge in [0.15, 0.2) is 10.2 Å². The van der Waals surface area contributed by atoms with Crippen LogP contribution < -0.4 is 21.3 Å². The third kappa shape index (κ3) is 11.9. The van der Waals surface area contributed by atoms with Gasteiger partial charge in [0, 0.05) is 23.9 Å². The van der Waals surface area contributed by atoms with Crippen molar-refractivity contribution in [1.29, 1.82) is 0 Å². The number of aldehydes is 2. The minimum Gasteiger partial charge on any atom is -0.363 e. The number of hydrogen-bond acceptors (Lipinski definition) is 4. The molecule has 0 saturated heterocycles. The lowest BCUT2D eigenvalue weighted by Gasteiger charge is -2.19. The average molecular weight is 361 g/mol. The summed E-state index contributed by atoms with van der Waals surface area (Å²) in [5.41, 5.74) is -0.691. The summed E-state index contributed by atoms with van der Waals surface area (Å²) in [6.07, 6.45) is 3.31. The van der Waals surface area contributed by atoms with Crippen LogP contribution >= 0.6 is 24.4 Å². The Hall–Kier alpha value is -1.28. The zero-order chi connectivity index (χ0) is 17.9. The third-order valence-electron chi connectivity index (χ3n) is 3.25. The molecule has 0 spiro atoms. The molecular weight excluding hydrogens is 332 g/mol. The molecule has 0 saturated carbocycles. The Labute approximate surface area is 149 Å². The standard InChI is InChI=1S/C15H28N4O2S2/c1-14(2,9-20)5-7-16-12(22)18-11-19-13(23)17-8-6-15(3,4)10-21/h9-10H,5-8,11H2,1-4H3,(H2,16,18,22)(H2,17,19,23). The summed E-state index contributed by atoms with van der Waals surface area (Å²) in [4.78, 5) is 21.6. The first-order valence-electron chi connectivity index (χ1n) is 7.58. The number of rotatable bonds is 10. The van der Waals surface area contributed by atoms with E-state index in [-0.39, 0.29) is 10.8 Å². The molecule has 0 heterocycles. The van der Waals surface area contributed by atoms with E-state index in [1.54, 1.807) is 0 Å². The number of hydrogen-bond donors (Lipinski definition) is 4. The SMILES string of the molecule is CC(C)(C=O)CCNC(=S)NCNC(=S)NCCC(C)(C)C=O. The molecule has 132 valence electrons. The number of nitrogens with one attached hydrogen (secondary N) is 4. The molecule has 0 atom stereocenters. The van der Waals surface area contributed by atoms with Gasteiger partial charge in [-0.15, -0.1) is 0 Å². The van der Waals surface area contributed by atoms with Crippen LogP contribution in [-0.4, -0.2) is 42.6 Å². The lowest BCUT2D eigenvalue weighted by molar-refractivity contribution is -0.115. The van der Waals surface area contributed by atoms with Gasteiger partial charge in [-0.3, -0.25) is 0 Å². The summed E-state index contributed by atoms with van der Waals surface area (Å²) >= 11 is 10.3. The van der Waals surface area contributed by atoms with Crippen molar-refractivity contribution < 1.29 is 9.59 Å². The van der Waals surface area contributed by atoms with E-state index in [2.05, 4.69) is 21.3 Å². The van der Waals surface area contributed by atoms with Crippen LogP contribution in [0, 0.1) is 10.8 Å². The number of carbonyl (C=O) groups excluding carboxylic acids is 2. The van der Waals surface area contributed by atoms with Gasteiger partial charge < -0.3 is 30.9 Å². The molecule has 0 amide bonds. The lowest BCUT2D eigenvalue weighted by Crippen LogP contribution is -2.46. The third-order valence-corrected chi connectivity index (χ3v) is 3.82. The number of thiocarbonyl (C=S) groups is 2. The van der Waals surface area contributed by atoms with Gasteiger partial charge in [0.05, 0.1) is 6.67 Å². The molecule has 23 heavy (non-hydrogen) atoms. The summed E-state index contributed by atoms with van der Waals surface area (Å²) < 4.78 is 0. The van der Waals surface area contributed by atoms with Crippen LogP contribution in [0.1, 0.15) is 40.5 Å².